The molecule has 0 saturated carbocycles. The number of anilines is 2. The number of nitrogens with one attached hydrogen (secondary N) is 1. The highest BCUT2D eigenvalue weighted by molar-refractivity contribution is 14.1. The summed E-state index contributed by atoms with van der Waals surface area (Å²) in [5.41, 5.74) is 9.48. The van der Waals surface area contributed by atoms with Crippen LogP contribution in [0.15, 0.2) is 30.3 Å². The third kappa shape index (κ3) is 3.09. The molecule has 0 heterocycles. The molecule has 104 valence electrons. The second-order valence-corrected chi connectivity index (χ2v) is 5.76. The fourth-order valence-electron chi connectivity index (χ4n) is 1.87. The lowest BCUT2D eigenvalue weighted by Gasteiger charge is -2.12. The van der Waals surface area contributed by atoms with E-state index in [1.165, 1.54) is 18.2 Å². The van der Waals surface area contributed by atoms with Gasteiger partial charge >= 0.3 is 0 Å². The lowest BCUT2D eigenvalue weighted by Crippen LogP contribution is -2.14. The molecule has 0 aliphatic carbocycles. The van der Waals surface area contributed by atoms with Crippen LogP contribution in [-0.2, 0) is 0 Å². The number of rotatable bonds is 2. The zero-order valence-corrected chi connectivity index (χ0v) is 13.3. The first-order valence-electron chi connectivity index (χ1n) is 6.01. The topological polar surface area (TPSA) is 55.1 Å². The molecular weight excluding hydrogens is 370 g/mol. The van der Waals surface area contributed by atoms with Crippen molar-refractivity contribution < 1.29 is 9.18 Å². The van der Waals surface area contributed by atoms with E-state index in [-0.39, 0.29) is 11.7 Å². The Labute approximate surface area is 130 Å². The van der Waals surface area contributed by atoms with Crippen molar-refractivity contribution in [2.75, 3.05) is 11.1 Å². The quantitative estimate of drug-likeness (QED) is 0.610. The molecule has 1 amide bonds. The molecule has 20 heavy (non-hydrogen) atoms. The molecule has 3 N–H and O–H groups in total. The number of aryl methyl sites for hydroxylation is 2. The summed E-state index contributed by atoms with van der Waals surface area (Å²) in [5.74, 6) is -0.637. The van der Waals surface area contributed by atoms with Gasteiger partial charge in [0.25, 0.3) is 5.91 Å². The van der Waals surface area contributed by atoms with Gasteiger partial charge in [-0.25, -0.2) is 4.39 Å². The number of halogens is 2. The number of carbonyl (C=O) groups is 1. The molecule has 0 spiro atoms. The standard InChI is InChI=1S/C15H14FIN2O/c1-8-5-9(2)14(7-13(8)18)19-15(20)11-4-3-10(16)6-12(11)17/h3-7H,18H2,1-2H3,(H,19,20). The summed E-state index contributed by atoms with van der Waals surface area (Å²) in [5, 5.41) is 2.81. The van der Waals surface area contributed by atoms with Crippen LogP contribution in [0.3, 0.4) is 0 Å². The van der Waals surface area contributed by atoms with Gasteiger partial charge in [-0.1, -0.05) is 6.07 Å². The van der Waals surface area contributed by atoms with Crippen LogP contribution >= 0.6 is 22.6 Å². The fraction of sp³-hybridized carbons (Fsp3) is 0.133. The highest BCUT2D eigenvalue weighted by Gasteiger charge is 2.12. The predicted molar refractivity (Wildman–Crippen MR) is 87.4 cm³/mol. The zero-order valence-electron chi connectivity index (χ0n) is 11.1. The number of benzene rings is 2. The molecule has 0 saturated heterocycles. The summed E-state index contributed by atoms with van der Waals surface area (Å²) in [4.78, 5) is 12.2. The maximum atomic E-state index is 13.0. The Bertz CT molecular complexity index is 686. The average molecular weight is 384 g/mol. The first kappa shape index (κ1) is 14.8. The van der Waals surface area contributed by atoms with Gasteiger partial charge in [0, 0.05) is 14.9 Å². The van der Waals surface area contributed by atoms with Gasteiger partial charge < -0.3 is 11.1 Å². The number of amides is 1. The molecule has 0 aromatic heterocycles. The van der Waals surface area contributed by atoms with E-state index in [0.29, 0.717) is 20.5 Å². The Morgan fingerprint density at radius 1 is 1.20 bits per heavy atom. The van der Waals surface area contributed by atoms with Crippen LogP contribution in [-0.4, -0.2) is 5.91 Å². The van der Waals surface area contributed by atoms with E-state index in [1.807, 2.05) is 42.5 Å². The van der Waals surface area contributed by atoms with Crippen molar-refractivity contribution in [3.05, 3.63) is 56.4 Å². The van der Waals surface area contributed by atoms with Crippen molar-refractivity contribution in [2.24, 2.45) is 0 Å². The van der Waals surface area contributed by atoms with Gasteiger partial charge in [0.15, 0.2) is 0 Å². The van der Waals surface area contributed by atoms with Gasteiger partial charge in [0.1, 0.15) is 5.82 Å². The van der Waals surface area contributed by atoms with Gasteiger partial charge in [-0.05, 0) is 71.8 Å². The van der Waals surface area contributed by atoms with E-state index in [1.54, 1.807) is 6.07 Å². The van der Waals surface area contributed by atoms with Gasteiger partial charge in [-0.2, -0.15) is 0 Å². The monoisotopic (exact) mass is 384 g/mol. The molecule has 0 fully saturated rings. The normalized spacial score (nSPS) is 10.4. The van der Waals surface area contributed by atoms with Crippen molar-refractivity contribution in [2.45, 2.75) is 13.8 Å². The van der Waals surface area contributed by atoms with Crippen molar-refractivity contribution >= 4 is 39.9 Å². The predicted octanol–water partition coefficient (Wildman–Crippen LogP) is 3.88. The summed E-state index contributed by atoms with van der Waals surface area (Å²) < 4.78 is 13.6. The average Bonchev–Trinajstić information content (AvgIpc) is 2.35. The van der Waals surface area contributed by atoms with Crippen molar-refractivity contribution in [1.29, 1.82) is 0 Å². The third-order valence-electron chi connectivity index (χ3n) is 3.04. The second-order valence-electron chi connectivity index (χ2n) is 4.60. The van der Waals surface area contributed by atoms with E-state index in [9.17, 15) is 9.18 Å². The molecule has 5 heteroatoms. The Morgan fingerprint density at radius 2 is 1.90 bits per heavy atom. The van der Waals surface area contributed by atoms with Crippen LogP contribution < -0.4 is 11.1 Å². The van der Waals surface area contributed by atoms with Crippen molar-refractivity contribution in [3.63, 3.8) is 0 Å². The van der Waals surface area contributed by atoms with Crippen molar-refractivity contribution in [3.8, 4) is 0 Å². The number of hydrogen-bond acceptors (Lipinski definition) is 2. The van der Waals surface area contributed by atoms with Gasteiger partial charge in [0.05, 0.1) is 5.56 Å². The van der Waals surface area contributed by atoms with E-state index >= 15 is 0 Å². The van der Waals surface area contributed by atoms with Crippen LogP contribution in [0.25, 0.3) is 0 Å². The maximum Gasteiger partial charge on any atom is 0.256 e. The number of nitrogens with two attached hydrogens (primary N) is 1. The highest BCUT2D eigenvalue weighted by atomic mass is 127. The van der Waals surface area contributed by atoms with E-state index in [2.05, 4.69) is 5.32 Å². The summed E-state index contributed by atoms with van der Waals surface area (Å²) in [7, 11) is 0. The van der Waals surface area contributed by atoms with Crippen LogP contribution in [0.5, 0.6) is 0 Å². The summed E-state index contributed by atoms with van der Waals surface area (Å²) in [6.45, 7) is 3.81. The minimum atomic E-state index is -0.360. The van der Waals surface area contributed by atoms with Crippen LogP contribution in [0, 0.1) is 23.2 Å². The van der Waals surface area contributed by atoms with Crippen LogP contribution in [0.1, 0.15) is 21.5 Å². The minimum absolute atomic E-state index is 0.277. The first-order chi connectivity index (χ1) is 9.38. The van der Waals surface area contributed by atoms with Gasteiger partial charge in [-0.3, -0.25) is 4.79 Å². The molecule has 0 unspecified atom stereocenters. The molecular formula is C15H14FIN2O. The third-order valence-corrected chi connectivity index (χ3v) is 3.93. The van der Waals surface area contributed by atoms with E-state index < -0.39 is 0 Å². The molecule has 0 aliphatic heterocycles. The molecule has 2 aromatic rings. The van der Waals surface area contributed by atoms with E-state index in [4.69, 9.17) is 5.73 Å². The lowest BCUT2D eigenvalue weighted by atomic mass is 10.1. The summed E-state index contributed by atoms with van der Waals surface area (Å²) >= 11 is 1.94. The largest absolute Gasteiger partial charge is 0.398 e. The molecule has 0 radical (unpaired) electrons. The number of hydrogen-bond donors (Lipinski definition) is 2. The molecule has 2 aromatic carbocycles. The first-order valence-corrected chi connectivity index (χ1v) is 7.09. The van der Waals surface area contributed by atoms with Crippen molar-refractivity contribution in [1.82, 2.24) is 0 Å². The number of carbonyl (C=O) groups excluding carboxylic acids is 1. The Hall–Kier alpha value is -1.63. The Morgan fingerprint density at radius 3 is 2.55 bits per heavy atom. The lowest BCUT2D eigenvalue weighted by molar-refractivity contribution is 0.102. The molecule has 0 aliphatic rings. The Balaban J connectivity index is 2.30. The molecule has 0 atom stereocenters. The smallest absolute Gasteiger partial charge is 0.256 e. The fourth-order valence-corrected chi connectivity index (χ4v) is 2.59. The maximum absolute atomic E-state index is 13.0. The van der Waals surface area contributed by atoms with Crippen LogP contribution in [0.4, 0.5) is 15.8 Å². The minimum Gasteiger partial charge on any atom is -0.398 e. The SMILES string of the molecule is Cc1cc(C)c(NC(=O)c2ccc(F)cc2I)cc1N. The second kappa shape index (κ2) is 5.78. The zero-order chi connectivity index (χ0) is 14.9. The summed E-state index contributed by atoms with van der Waals surface area (Å²) in [6.07, 6.45) is 0. The molecule has 2 rings (SSSR count). The highest BCUT2D eigenvalue weighted by Crippen LogP contribution is 2.23. The van der Waals surface area contributed by atoms with Gasteiger partial charge in [0.2, 0.25) is 0 Å². The summed E-state index contributed by atoms with van der Waals surface area (Å²) in [6, 6.07) is 7.72. The van der Waals surface area contributed by atoms with E-state index in [0.717, 1.165) is 11.1 Å². The van der Waals surface area contributed by atoms with Gasteiger partial charge in [-0.15, -0.1) is 0 Å². The molecule has 3 nitrogen and oxygen atoms in total. The Kier molecular flexibility index (Phi) is 4.27. The number of nitrogen functional groups attached to an aromatic ring is 1. The molecule has 0 bridgehead atoms. The van der Waals surface area contributed by atoms with Crippen LogP contribution in [0.2, 0.25) is 0 Å².